The molecule has 3 rings (SSSR count). The summed E-state index contributed by atoms with van der Waals surface area (Å²) in [5.41, 5.74) is 3.45. The summed E-state index contributed by atoms with van der Waals surface area (Å²) in [5, 5.41) is 6.92. The first-order valence-corrected chi connectivity index (χ1v) is 8.31. The summed E-state index contributed by atoms with van der Waals surface area (Å²) in [6, 6.07) is 15.2. The lowest BCUT2D eigenvalue weighted by Gasteiger charge is -2.08. The Balaban J connectivity index is 1.65. The third kappa shape index (κ3) is 4.12. The number of carbonyl (C=O) groups excluding carboxylic acids is 1. The minimum absolute atomic E-state index is 0.106. The zero-order valence-electron chi connectivity index (χ0n) is 14.6. The molecule has 1 heterocycles. The van der Waals surface area contributed by atoms with Crippen molar-refractivity contribution in [1.29, 1.82) is 0 Å². The number of aryl methyl sites for hydroxylation is 1. The second kappa shape index (κ2) is 7.30. The van der Waals surface area contributed by atoms with Crippen LogP contribution in [0.1, 0.15) is 53.0 Å². The predicted molar refractivity (Wildman–Crippen MR) is 96.8 cm³/mol. The van der Waals surface area contributed by atoms with Crippen molar-refractivity contribution in [2.45, 2.75) is 33.1 Å². The zero-order chi connectivity index (χ0) is 17.8. The van der Waals surface area contributed by atoms with E-state index >= 15 is 0 Å². The maximum Gasteiger partial charge on any atom is 0.255 e. The third-order valence-electron chi connectivity index (χ3n) is 3.94. The molecule has 0 bridgehead atoms. The van der Waals surface area contributed by atoms with E-state index in [1.54, 1.807) is 0 Å². The molecule has 0 fully saturated rings. The Bertz CT molecular complexity index is 867. The highest BCUT2D eigenvalue weighted by Gasteiger charge is 2.11. The van der Waals surface area contributed by atoms with Crippen molar-refractivity contribution in [3.8, 4) is 0 Å². The molecule has 5 nitrogen and oxygen atoms in total. The Morgan fingerprint density at radius 3 is 2.48 bits per heavy atom. The molecule has 1 N–H and O–H groups in total. The van der Waals surface area contributed by atoms with E-state index < -0.39 is 0 Å². The van der Waals surface area contributed by atoms with E-state index in [4.69, 9.17) is 4.52 Å². The van der Waals surface area contributed by atoms with Gasteiger partial charge in [0.15, 0.2) is 5.82 Å². The van der Waals surface area contributed by atoms with Crippen LogP contribution >= 0.6 is 0 Å². The maximum absolute atomic E-state index is 12.3. The van der Waals surface area contributed by atoms with Gasteiger partial charge >= 0.3 is 0 Å². The van der Waals surface area contributed by atoms with Crippen LogP contribution in [0.2, 0.25) is 0 Å². The van der Waals surface area contributed by atoms with Crippen molar-refractivity contribution in [1.82, 2.24) is 10.1 Å². The molecule has 2 aromatic carbocycles. The van der Waals surface area contributed by atoms with Gasteiger partial charge in [0, 0.05) is 23.6 Å². The van der Waals surface area contributed by atoms with E-state index in [-0.39, 0.29) is 11.8 Å². The van der Waals surface area contributed by atoms with E-state index in [0.717, 1.165) is 16.8 Å². The van der Waals surface area contributed by atoms with Crippen LogP contribution in [0.3, 0.4) is 0 Å². The fourth-order valence-electron chi connectivity index (χ4n) is 2.49. The smallest absolute Gasteiger partial charge is 0.255 e. The molecule has 0 aliphatic rings. The Kier molecular flexibility index (Phi) is 4.93. The number of amides is 1. The Hall–Kier alpha value is -2.95. The number of carbonyl (C=O) groups is 1. The Morgan fingerprint density at radius 2 is 1.84 bits per heavy atom. The molecule has 1 amide bonds. The van der Waals surface area contributed by atoms with Gasteiger partial charge in [0.05, 0.1) is 0 Å². The number of nitrogens with zero attached hydrogens (tertiary/aromatic N) is 2. The molecule has 25 heavy (non-hydrogen) atoms. The molecule has 0 saturated carbocycles. The monoisotopic (exact) mass is 335 g/mol. The summed E-state index contributed by atoms with van der Waals surface area (Å²) in [6.45, 7) is 5.96. The lowest BCUT2D eigenvalue weighted by Crippen LogP contribution is -2.13. The lowest BCUT2D eigenvalue weighted by atomic mass is 10.1. The van der Waals surface area contributed by atoms with Crippen molar-refractivity contribution in [3.63, 3.8) is 0 Å². The molecule has 0 spiro atoms. The molecule has 0 atom stereocenters. The largest absolute Gasteiger partial charge is 0.339 e. The molecular weight excluding hydrogens is 314 g/mol. The highest BCUT2D eigenvalue weighted by atomic mass is 16.5. The van der Waals surface area contributed by atoms with Crippen molar-refractivity contribution >= 4 is 11.6 Å². The normalized spacial score (nSPS) is 10.9. The minimum atomic E-state index is -0.106. The Labute approximate surface area is 147 Å². The molecule has 0 radical (unpaired) electrons. The summed E-state index contributed by atoms with van der Waals surface area (Å²) in [5.74, 6) is 1.43. The highest BCUT2D eigenvalue weighted by molar-refractivity contribution is 6.05. The second-order valence-electron chi connectivity index (χ2n) is 6.35. The van der Waals surface area contributed by atoms with Gasteiger partial charge in [-0.2, -0.15) is 4.98 Å². The van der Waals surface area contributed by atoms with Gasteiger partial charge in [-0.05, 0) is 36.2 Å². The SMILES string of the molecule is Cc1ccccc1C(=O)Nc1ccc(Cc2noc(C(C)C)n2)cc1. The second-order valence-corrected chi connectivity index (χ2v) is 6.35. The van der Waals surface area contributed by atoms with Crippen LogP contribution in [0.25, 0.3) is 0 Å². The van der Waals surface area contributed by atoms with E-state index in [0.29, 0.717) is 23.7 Å². The third-order valence-corrected chi connectivity index (χ3v) is 3.94. The molecule has 5 heteroatoms. The average Bonchev–Trinajstić information content (AvgIpc) is 3.06. The maximum atomic E-state index is 12.3. The van der Waals surface area contributed by atoms with Crippen LogP contribution in [0.5, 0.6) is 0 Å². The van der Waals surface area contributed by atoms with Gasteiger partial charge in [-0.15, -0.1) is 0 Å². The fraction of sp³-hybridized carbons (Fsp3) is 0.250. The van der Waals surface area contributed by atoms with Crippen LogP contribution < -0.4 is 5.32 Å². The number of hydrogen-bond acceptors (Lipinski definition) is 4. The number of aromatic nitrogens is 2. The van der Waals surface area contributed by atoms with Gasteiger partial charge in [0.25, 0.3) is 5.91 Å². The standard InChI is InChI=1S/C20H21N3O2/c1-13(2)20-22-18(23-25-20)12-15-8-10-16(11-9-15)21-19(24)17-7-5-4-6-14(17)3/h4-11,13H,12H2,1-3H3,(H,21,24). The average molecular weight is 335 g/mol. The summed E-state index contributed by atoms with van der Waals surface area (Å²) in [6.07, 6.45) is 0.599. The first-order chi connectivity index (χ1) is 12.0. The van der Waals surface area contributed by atoms with Gasteiger partial charge in [-0.25, -0.2) is 0 Å². The van der Waals surface area contributed by atoms with Crippen LogP contribution in [0.4, 0.5) is 5.69 Å². The highest BCUT2D eigenvalue weighted by Crippen LogP contribution is 2.16. The van der Waals surface area contributed by atoms with Crippen LogP contribution in [-0.4, -0.2) is 16.0 Å². The van der Waals surface area contributed by atoms with Gasteiger partial charge in [0.2, 0.25) is 5.89 Å². The molecule has 0 aliphatic heterocycles. The summed E-state index contributed by atoms with van der Waals surface area (Å²) >= 11 is 0. The molecule has 128 valence electrons. The van der Waals surface area contributed by atoms with E-state index in [2.05, 4.69) is 15.5 Å². The first kappa shape index (κ1) is 16.9. The van der Waals surface area contributed by atoms with E-state index in [9.17, 15) is 4.79 Å². The number of nitrogens with one attached hydrogen (secondary N) is 1. The summed E-state index contributed by atoms with van der Waals surface area (Å²) in [7, 11) is 0. The molecule has 0 unspecified atom stereocenters. The summed E-state index contributed by atoms with van der Waals surface area (Å²) < 4.78 is 5.22. The van der Waals surface area contributed by atoms with E-state index in [1.165, 1.54) is 0 Å². The molecule has 1 aromatic heterocycles. The molecular formula is C20H21N3O2. The number of benzene rings is 2. The van der Waals surface area contributed by atoms with Crippen molar-refractivity contribution in [2.75, 3.05) is 5.32 Å². The Morgan fingerprint density at radius 1 is 1.12 bits per heavy atom. The van der Waals surface area contributed by atoms with Crippen molar-refractivity contribution in [2.24, 2.45) is 0 Å². The fourth-order valence-corrected chi connectivity index (χ4v) is 2.49. The van der Waals surface area contributed by atoms with Gasteiger partial charge in [-0.3, -0.25) is 4.79 Å². The topological polar surface area (TPSA) is 68.0 Å². The first-order valence-electron chi connectivity index (χ1n) is 8.31. The lowest BCUT2D eigenvalue weighted by molar-refractivity contribution is 0.102. The minimum Gasteiger partial charge on any atom is -0.339 e. The van der Waals surface area contributed by atoms with Crippen LogP contribution in [0, 0.1) is 6.92 Å². The van der Waals surface area contributed by atoms with Crippen molar-refractivity contribution < 1.29 is 9.32 Å². The van der Waals surface area contributed by atoms with Gasteiger partial charge < -0.3 is 9.84 Å². The zero-order valence-corrected chi connectivity index (χ0v) is 14.6. The number of anilines is 1. The molecule has 0 aliphatic carbocycles. The van der Waals surface area contributed by atoms with Crippen molar-refractivity contribution in [3.05, 3.63) is 76.9 Å². The quantitative estimate of drug-likeness (QED) is 0.753. The van der Waals surface area contributed by atoms with Gasteiger partial charge in [0.1, 0.15) is 0 Å². The van der Waals surface area contributed by atoms with Gasteiger partial charge in [-0.1, -0.05) is 49.3 Å². The van der Waals surface area contributed by atoms with Crippen LogP contribution in [-0.2, 0) is 6.42 Å². The summed E-state index contributed by atoms with van der Waals surface area (Å²) in [4.78, 5) is 16.7. The predicted octanol–water partition coefficient (Wildman–Crippen LogP) is 4.34. The van der Waals surface area contributed by atoms with E-state index in [1.807, 2.05) is 69.3 Å². The number of hydrogen-bond donors (Lipinski definition) is 1. The number of rotatable bonds is 5. The molecule has 0 saturated heterocycles. The molecule has 3 aromatic rings. The van der Waals surface area contributed by atoms with Crippen LogP contribution in [0.15, 0.2) is 53.1 Å².